The summed E-state index contributed by atoms with van der Waals surface area (Å²) >= 11 is 7.31. The number of hydrogen-bond acceptors (Lipinski definition) is 4. The van der Waals surface area contributed by atoms with Crippen molar-refractivity contribution in [2.45, 2.75) is 4.90 Å². The van der Waals surface area contributed by atoms with Crippen LogP contribution in [-0.2, 0) is 10.0 Å². The van der Waals surface area contributed by atoms with Gasteiger partial charge in [-0.25, -0.2) is 13.1 Å². The third-order valence-corrected chi connectivity index (χ3v) is 6.35. The van der Waals surface area contributed by atoms with E-state index in [1.807, 2.05) is 47.8 Å². The highest BCUT2D eigenvalue weighted by Gasteiger charge is 2.25. The van der Waals surface area contributed by atoms with Gasteiger partial charge in [-0.05, 0) is 47.8 Å². The fourth-order valence-electron chi connectivity index (χ4n) is 2.58. The largest absolute Gasteiger partial charge is 0.280 e. The van der Waals surface area contributed by atoms with Crippen molar-refractivity contribution >= 4 is 38.6 Å². The van der Waals surface area contributed by atoms with Gasteiger partial charge in [-0.2, -0.15) is 5.10 Å². The minimum Gasteiger partial charge on any atom is -0.280 e. The van der Waals surface area contributed by atoms with Crippen LogP contribution in [0.5, 0.6) is 0 Å². The van der Waals surface area contributed by atoms with E-state index in [1.165, 1.54) is 17.5 Å². The third kappa shape index (κ3) is 3.75. The van der Waals surface area contributed by atoms with Crippen molar-refractivity contribution < 1.29 is 8.42 Å². The van der Waals surface area contributed by atoms with E-state index in [9.17, 15) is 8.42 Å². The first-order valence-electron chi connectivity index (χ1n) is 8.00. The lowest BCUT2D eigenvalue weighted by Gasteiger charge is -2.07. The van der Waals surface area contributed by atoms with Crippen molar-refractivity contribution in [3.05, 3.63) is 83.3 Å². The van der Waals surface area contributed by atoms with Crippen molar-refractivity contribution in [3.8, 4) is 16.3 Å². The molecular formula is C19H14ClN3O2S2. The minimum absolute atomic E-state index is 0.115. The number of rotatable bonds is 5. The van der Waals surface area contributed by atoms with E-state index in [0.717, 1.165) is 10.6 Å². The summed E-state index contributed by atoms with van der Waals surface area (Å²) in [5, 5.41) is 6.96. The first-order chi connectivity index (χ1) is 13.0. The summed E-state index contributed by atoms with van der Waals surface area (Å²) in [5.41, 5.74) is 1.63. The Morgan fingerprint density at radius 3 is 2.37 bits per heavy atom. The molecule has 0 aliphatic heterocycles. The van der Waals surface area contributed by atoms with Crippen molar-refractivity contribution in [1.82, 2.24) is 9.78 Å². The van der Waals surface area contributed by atoms with Gasteiger partial charge in [0.05, 0.1) is 16.8 Å². The lowest BCUT2D eigenvalue weighted by molar-refractivity contribution is 0.601. The molecule has 4 rings (SSSR count). The number of benzene rings is 2. The van der Waals surface area contributed by atoms with Gasteiger partial charge >= 0.3 is 0 Å². The molecule has 0 amide bonds. The van der Waals surface area contributed by atoms with Gasteiger partial charge in [-0.3, -0.25) is 4.72 Å². The Hall–Kier alpha value is -2.61. The van der Waals surface area contributed by atoms with E-state index < -0.39 is 10.0 Å². The summed E-state index contributed by atoms with van der Waals surface area (Å²) in [5.74, 6) is 0. The molecule has 0 aliphatic rings. The van der Waals surface area contributed by atoms with Gasteiger partial charge < -0.3 is 0 Å². The minimum atomic E-state index is -3.84. The van der Waals surface area contributed by atoms with Crippen molar-refractivity contribution in [2.75, 3.05) is 4.72 Å². The van der Waals surface area contributed by atoms with Gasteiger partial charge in [0, 0.05) is 10.7 Å². The predicted octanol–water partition coefficient (Wildman–Crippen LogP) is 5.06. The maximum atomic E-state index is 13.1. The van der Waals surface area contributed by atoms with Gasteiger partial charge in [-0.1, -0.05) is 35.9 Å². The molecule has 0 unspecified atom stereocenters. The molecule has 0 saturated heterocycles. The average molecular weight is 416 g/mol. The quantitative estimate of drug-likeness (QED) is 0.495. The van der Waals surface area contributed by atoms with E-state index in [4.69, 9.17) is 11.6 Å². The SMILES string of the molecule is O=S(=O)(Nc1ccc(Cl)cc1)c1cn(-c2ccccc2)nc1-c1cccs1. The second kappa shape index (κ2) is 7.19. The fraction of sp³-hybridized carbons (Fsp3) is 0. The van der Waals surface area contributed by atoms with Crippen LogP contribution < -0.4 is 4.72 Å². The van der Waals surface area contributed by atoms with E-state index in [-0.39, 0.29) is 4.90 Å². The number of anilines is 1. The van der Waals surface area contributed by atoms with Crippen LogP contribution >= 0.6 is 22.9 Å². The smallest absolute Gasteiger partial charge is 0.265 e. The Bertz CT molecular complexity index is 1150. The monoisotopic (exact) mass is 415 g/mol. The number of nitrogens with zero attached hydrogens (tertiary/aromatic N) is 2. The average Bonchev–Trinajstić information content (AvgIpc) is 3.34. The Morgan fingerprint density at radius 2 is 1.70 bits per heavy atom. The molecule has 0 spiro atoms. The van der Waals surface area contributed by atoms with Crippen molar-refractivity contribution in [1.29, 1.82) is 0 Å². The molecule has 0 aliphatic carbocycles. The number of sulfonamides is 1. The van der Waals surface area contributed by atoms with Gasteiger partial charge in [0.15, 0.2) is 0 Å². The molecule has 5 nitrogen and oxygen atoms in total. The van der Waals surface area contributed by atoms with E-state index in [0.29, 0.717) is 16.4 Å². The zero-order valence-electron chi connectivity index (χ0n) is 13.9. The van der Waals surface area contributed by atoms with Crippen LogP contribution in [0.3, 0.4) is 0 Å². The predicted molar refractivity (Wildman–Crippen MR) is 109 cm³/mol. The van der Waals surface area contributed by atoms with Gasteiger partial charge in [0.1, 0.15) is 10.6 Å². The number of para-hydroxylation sites is 1. The standard InChI is InChI=1S/C19H14ClN3O2S2/c20-14-8-10-15(11-9-14)22-27(24,25)18-13-23(16-5-2-1-3-6-16)21-19(18)17-7-4-12-26-17/h1-13,22H. The highest BCUT2D eigenvalue weighted by Crippen LogP contribution is 2.31. The highest BCUT2D eigenvalue weighted by atomic mass is 35.5. The summed E-state index contributed by atoms with van der Waals surface area (Å²) in [6.07, 6.45) is 1.53. The molecule has 0 fully saturated rings. The molecule has 8 heteroatoms. The second-order valence-electron chi connectivity index (χ2n) is 5.71. The van der Waals surface area contributed by atoms with Crippen LogP contribution in [0.25, 0.3) is 16.3 Å². The van der Waals surface area contributed by atoms with Crippen LogP contribution in [-0.4, -0.2) is 18.2 Å². The molecule has 0 saturated carbocycles. The molecule has 2 aromatic carbocycles. The number of aromatic nitrogens is 2. The molecule has 0 bridgehead atoms. The molecule has 4 aromatic rings. The molecule has 0 atom stereocenters. The maximum Gasteiger partial charge on any atom is 0.265 e. The molecule has 136 valence electrons. The topological polar surface area (TPSA) is 64.0 Å². The van der Waals surface area contributed by atoms with Crippen LogP contribution in [0.2, 0.25) is 5.02 Å². The Balaban J connectivity index is 1.80. The van der Waals surface area contributed by atoms with Gasteiger partial charge in [0.2, 0.25) is 0 Å². The van der Waals surface area contributed by atoms with Crippen LogP contribution in [0, 0.1) is 0 Å². The Morgan fingerprint density at radius 1 is 0.963 bits per heavy atom. The van der Waals surface area contributed by atoms with Crippen molar-refractivity contribution in [3.63, 3.8) is 0 Å². The number of hydrogen-bond donors (Lipinski definition) is 1. The van der Waals surface area contributed by atoms with E-state index in [2.05, 4.69) is 9.82 Å². The van der Waals surface area contributed by atoms with Crippen LogP contribution in [0.1, 0.15) is 0 Å². The summed E-state index contributed by atoms with van der Waals surface area (Å²) in [6.45, 7) is 0. The van der Waals surface area contributed by atoms with E-state index >= 15 is 0 Å². The second-order valence-corrected chi connectivity index (χ2v) is 8.75. The first kappa shape index (κ1) is 17.8. The lowest BCUT2D eigenvalue weighted by Crippen LogP contribution is -2.13. The molecule has 2 aromatic heterocycles. The molecule has 1 N–H and O–H groups in total. The first-order valence-corrected chi connectivity index (χ1v) is 10.7. The molecular weight excluding hydrogens is 402 g/mol. The van der Waals surface area contributed by atoms with Gasteiger partial charge in [-0.15, -0.1) is 11.3 Å². The summed E-state index contributed by atoms with van der Waals surface area (Å²) in [4.78, 5) is 0.893. The van der Waals surface area contributed by atoms with Crippen molar-refractivity contribution in [2.24, 2.45) is 0 Å². The summed E-state index contributed by atoms with van der Waals surface area (Å²) in [7, 11) is -3.84. The van der Waals surface area contributed by atoms with E-state index in [1.54, 1.807) is 28.9 Å². The molecule has 0 radical (unpaired) electrons. The van der Waals surface area contributed by atoms with Crippen LogP contribution in [0.15, 0.2) is 83.2 Å². The Labute approximate surface area is 165 Å². The normalized spacial score (nSPS) is 11.4. The summed E-state index contributed by atoms with van der Waals surface area (Å²) in [6, 6.07) is 19.6. The lowest BCUT2D eigenvalue weighted by atomic mass is 10.3. The number of thiophene rings is 1. The number of nitrogens with one attached hydrogen (secondary N) is 1. The molecule has 27 heavy (non-hydrogen) atoms. The zero-order chi connectivity index (χ0) is 18.9. The Kier molecular flexibility index (Phi) is 4.73. The number of halogens is 1. The maximum absolute atomic E-state index is 13.1. The molecule has 2 heterocycles. The fourth-order valence-corrected chi connectivity index (χ4v) is 4.69. The van der Waals surface area contributed by atoms with Gasteiger partial charge in [0.25, 0.3) is 10.0 Å². The third-order valence-electron chi connectivity index (χ3n) is 3.84. The van der Waals surface area contributed by atoms with Crippen LogP contribution in [0.4, 0.5) is 5.69 Å². The zero-order valence-corrected chi connectivity index (χ0v) is 16.3. The summed E-state index contributed by atoms with van der Waals surface area (Å²) < 4.78 is 30.3. The highest BCUT2D eigenvalue weighted by molar-refractivity contribution is 7.92.